The summed E-state index contributed by atoms with van der Waals surface area (Å²) in [6, 6.07) is 3.42. The monoisotopic (exact) mass is 195 g/mol. The van der Waals surface area contributed by atoms with E-state index < -0.39 is 0 Å². The highest BCUT2D eigenvalue weighted by Gasteiger charge is 2.03. The van der Waals surface area contributed by atoms with Crippen LogP contribution in [0.4, 0.5) is 5.69 Å². The maximum Gasteiger partial charge on any atom is 0.211 e. The average Bonchev–Trinajstić information content (AvgIpc) is 2.53. The number of aromatic amines is 1. The van der Waals surface area contributed by atoms with Crippen molar-refractivity contribution in [1.82, 2.24) is 9.97 Å². The molecule has 0 bridgehead atoms. The number of imidazole rings is 1. The number of hydrogen-bond donors (Lipinski definition) is 2. The van der Waals surface area contributed by atoms with Crippen molar-refractivity contribution in [2.24, 2.45) is 0 Å². The molecule has 1 heterocycles. The number of rotatable bonds is 2. The summed E-state index contributed by atoms with van der Waals surface area (Å²) in [6.07, 6.45) is 2.16. The molecule has 5 heteroatoms. The van der Waals surface area contributed by atoms with E-state index in [1.165, 1.54) is 0 Å². The number of halogens is 1. The maximum atomic E-state index is 10.2. The zero-order valence-electron chi connectivity index (χ0n) is 6.54. The molecule has 1 aromatic heterocycles. The van der Waals surface area contributed by atoms with Gasteiger partial charge in [0.1, 0.15) is 5.52 Å². The van der Waals surface area contributed by atoms with E-state index >= 15 is 0 Å². The van der Waals surface area contributed by atoms with Crippen molar-refractivity contribution in [1.29, 1.82) is 0 Å². The number of amides is 1. The van der Waals surface area contributed by atoms with Gasteiger partial charge >= 0.3 is 0 Å². The summed E-state index contributed by atoms with van der Waals surface area (Å²) in [6.45, 7) is 0. The van der Waals surface area contributed by atoms with Gasteiger partial charge in [-0.05, 0) is 12.1 Å². The van der Waals surface area contributed by atoms with Crippen LogP contribution in [-0.4, -0.2) is 16.4 Å². The van der Waals surface area contributed by atoms with Crippen molar-refractivity contribution < 1.29 is 4.79 Å². The van der Waals surface area contributed by atoms with E-state index in [0.717, 1.165) is 5.52 Å². The minimum Gasteiger partial charge on any atom is -0.344 e. The van der Waals surface area contributed by atoms with Crippen molar-refractivity contribution in [2.75, 3.05) is 5.32 Å². The summed E-state index contributed by atoms with van der Waals surface area (Å²) in [5.41, 5.74) is 2.16. The summed E-state index contributed by atoms with van der Waals surface area (Å²) >= 11 is 5.90. The Morgan fingerprint density at radius 1 is 1.54 bits per heavy atom. The van der Waals surface area contributed by atoms with Gasteiger partial charge in [0.2, 0.25) is 6.41 Å². The Balaban J connectivity index is 2.62. The first-order valence-electron chi connectivity index (χ1n) is 3.64. The summed E-state index contributed by atoms with van der Waals surface area (Å²) in [5, 5.41) is 3.03. The second-order valence-electron chi connectivity index (χ2n) is 2.52. The minimum absolute atomic E-state index is 0.517. The van der Waals surface area contributed by atoms with Gasteiger partial charge in [-0.1, -0.05) is 11.6 Å². The fraction of sp³-hybridized carbons (Fsp3) is 0. The van der Waals surface area contributed by atoms with Gasteiger partial charge < -0.3 is 10.3 Å². The van der Waals surface area contributed by atoms with Gasteiger partial charge in [-0.2, -0.15) is 0 Å². The second kappa shape index (κ2) is 3.06. The minimum atomic E-state index is 0.517. The molecule has 0 aliphatic heterocycles. The number of fused-ring (bicyclic) bond motifs is 1. The predicted octanol–water partition coefficient (Wildman–Crippen LogP) is 1.78. The second-order valence-corrected chi connectivity index (χ2v) is 2.93. The first-order valence-corrected chi connectivity index (χ1v) is 4.02. The lowest BCUT2D eigenvalue weighted by Gasteiger charge is -1.99. The van der Waals surface area contributed by atoms with Crippen LogP contribution < -0.4 is 5.32 Å². The summed E-state index contributed by atoms with van der Waals surface area (Å²) in [5.74, 6) is 0. The third-order valence-electron chi connectivity index (χ3n) is 1.70. The van der Waals surface area contributed by atoms with Crippen LogP contribution in [0.5, 0.6) is 0 Å². The number of hydrogen-bond acceptors (Lipinski definition) is 2. The first-order chi connectivity index (χ1) is 6.31. The number of carbonyl (C=O) groups is 1. The zero-order chi connectivity index (χ0) is 9.26. The SMILES string of the molecule is O=CNc1cc(Cl)c2nc[nH]c2c1. The molecular weight excluding hydrogens is 190 g/mol. The Morgan fingerprint density at radius 2 is 2.38 bits per heavy atom. The fourth-order valence-corrected chi connectivity index (χ4v) is 1.43. The largest absolute Gasteiger partial charge is 0.344 e. The Morgan fingerprint density at radius 3 is 3.15 bits per heavy atom. The Bertz CT molecular complexity index is 452. The molecule has 2 rings (SSSR count). The number of nitrogens with zero attached hydrogens (tertiary/aromatic N) is 1. The molecule has 0 fully saturated rings. The molecule has 0 radical (unpaired) electrons. The molecule has 0 aliphatic carbocycles. The van der Waals surface area contributed by atoms with Crippen LogP contribution in [0.1, 0.15) is 0 Å². The highest BCUT2D eigenvalue weighted by atomic mass is 35.5. The maximum absolute atomic E-state index is 10.2. The molecule has 0 aliphatic rings. The quantitative estimate of drug-likeness (QED) is 0.718. The predicted molar refractivity (Wildman–Crippen MR) is 50.8 cm³/mol. The molecule has 0 atom stereocenters. The van der Waals surface area contributed by atoms with Gasteiger partial charge in [0.15, 0.2) is 0 Å². The van der Waals surface area contributed by atoms with Gasteiger partial charge in [-0.3, -0.25) is 4.79 Å². The van der Waals surface area contributed by atoms with Crippen LogP contribution in [0.15, 0.2) is 18.5 Å². The molecule has 0 spiro atoms. The van der Waals surface area contributed by atoms with E-state index in [1.54, 1.807) is 18.5 Å². The molecule has 66 valence electrons. The van der Waals surface area contributed by atoms with Crippen LogP contribution in [0.3, 0.4) is 0 Å². The van der Waals surface area contributed by atoms with Crippen LogP contribution >= 0.6 is 11.6 Å². The number of aromatic nitrogens is 2. The third-order valence-corrected chi connectivity index (χ3v) is 1.99. The first kappa shape index (κ1) is 8.07. The normalized spacial score (nSPS) is 10.2. The van der Waals surface area contributed by atoms with E-state index in [4.69, 9.17) is 11.6 Å². The lowest BCUT2D eigenvalue weighted by Crippen LogP contribution is -1.93. The van der Waals surface area contributed by atoms with E-state index in [-0.39, 0.29) is 0 Å². The lowest BCUT2D eigenvalue weighted by atomic mass is 10.3. The van der Waals surface area contributed by atoms with Crippen LogP contribution in [0.2, 0.25) is 5.02 Å². The van der Waals surface area contributed by atoms with Crippen molar-refractivity contribution >= 4 is 34.7 Å². The average molecular weight is 196 g/mol. The van der Waals surface area contributed by atoms with E-state index in [0.29, 0.717) is 22.6 Å². The van der Waals surface area contributed by atoms with E-state index in [1.807, 2.05) is 0 Å². The molecule has 0 saturated carbocycles. The summed E-state index contributed by atoms with van der Waals surface area (Å²) in [4.78, 5) is 17.1. The molecule has 4 nitrogen and oxygen atoms in total. The molecule has 13 heavy (non-hydrogen) atoms. The van der Waals surface area contributed by atoms with Gasteiger partial charge in [-0.15, -0.1) is 0 Å². The number of carbonyl (C=O) groups excluding carboxylic acids is 1. The Labute approximate surface area is 78.9 Å². The summed E-state index contributed by atoms with van der Waals surface area (Å²) in [7, 11) is 0. The number of anilines is 1. The Kier molecular flexibility index (Phi) is 1.90. The van der Waals surface area contributed by atoms with Crippen molar-refractivity contribution in [3.05, 3.63) is 23.5 Å². The van der Waals surface area contributed by atoms with Crippen molar-refractivity contribution in [3.8, 4) is 0 Å². The molecular formula is C8H6ClN3O. The summed E-state index contributed by atoms with van der Waals surface area (Å²) < 4.78 is 0. The number of nitrogens with one attached hydrogen (secondary N) is 2. The van der Waals surface area contributed by atoms with Gasteiger partial charge in [0.05, 0.1) is 16.9 Å². The molecule has 1 aromatic carbocycles. The molecule has 2 N–H and O–H groups in total. The van der Waals surface area contributed by atoms with Gasteiger partial charge in [0, 0.05) is 5.69 Å². The van der Waals surface area contributed by atoms with Crippen LogP contribution in [-0.2, 0) is 4.79 Å². The number of H-pyrrole nitrogens is 1. The third kappa shape index (κ3) is 1.36. The Hall–Kier alpha value is -1.55. The molecule has 2 aromatic rings. The topological polar surface area (TPSA) is 57.8 Å². The number of benzene rings is 1. The fourth-order valence-electron chi connectivity index (χ4n) is 1.16. The smallest absolute Gasteiger partial charge is 0.211 e. The van der Waals surface area contributed by atoms with Gasteiger partial charge in [-0.25, -0.2) is 4.98 Å². The van der Waals surface area contributed by atoms with Gasteiger partial charge in [0.25, 0.3) is 0 Å². The molecule has 0 saturated heterocycles. The highest BCUT2D eigenvalue weighted by molar-refractivity contribution is 6.35. The molecule has 1 amide bonds. The lowest BCUT2D eigenvalue weighted by molar-refractivity contribution is -0.105. The van der Waals surface area contributed by atoms with E-state index in [9.17, 15) is 4.79 Å². The van der Waals surface area contributed by atoms with Crippen molar-refractivity contribution in [2.45, 2.75) is 0 Å². The zero-order valence-corrected chi connectivity index (χ0v) is 7.30. The van der Waals surface area contributed by atoms with Crippen molar-refractivity contribution in [3.63, 3.8) is 0 Å². The standard InChI is InChI=1S/C8H6ClN3O/c9-6-1-5(12-4-13)2-7-8(6)11-3-10-7/h1-4H,(H,10,11)(H,12,13). The van der Waals surface area contributed by atoms with Crippen LogP contribution in [0.25, 0.3) is 11.0 Å². The molecule has 0 unspecified atom stereocenters. The van der Waals surface area contributed by atoms with Crippen LogP contribution in [0, 0.1) is 0 Å². The highest BCUT2D eigenvalue weighted by Crippen LogP contribution is 2.24. The van der Waals surface area contributed by atoms with E-state index in [2.05, 4.69) is 15.3 Å².